The minimum absolute atomic E-state index is 0.0442. The van der Waals surface area contributed by atoms with Crippen molar-refractivity contribution in [1.29, 1.82) is 0 Å². The van der Waals surface area contributed by atoms with Crippen molar-refractivity contribution in [1.82, 2.24) is 0 Å². The highest BCUT2D eigenvalue weighted by Crippen LogP contribution is 2.24. The first-order valence-electron chi connectivity index (χ1n) is 10.7. The maximum atomic E-state index is 13.3. The Morgan fingerprint density at radius 2 is 1.72 bits per heavy atom. The number of nitrogens with zero attached hydrogens (tertiary/aromatic N) is 1. The molecule has 172 valence electrons. The molecule has 0 saturated heterocycles. The van der Waals surface area contributed by atoms with Crippen LogP contribution in [0.15, 0.2) is 48.5 Å². The van der Waals surface area contributed by atoms with Gasteiger partial charge in [0.2, 0.25) is 0 Å². The number of benzene rings is 2. The summed E-state index contributed by atoms with van der Waals surface area (Å²) in [6, 6.07) is 14.1. The van der Waals surface area contributed by atoms with E-state index in [1.165, 1.54) is 7.11 Å². The summed E-state index contributed by atoms with van der Waals surface area (Å²) < 4.78 is 10.4. The van der Waals surface area contributed by atoms with Crippen LogP contribution in [0.25, 0.3) is 0 Å². The molecule has 0 bridgehead atoms. The van der Waals surface area contributed by atoms with Crippen LogP contribution in [0.4, 0.5) is 5.69 Å². The van der Waals surface area contributed by atoms with Crippen LogP contribution in [0.5, 0.6) is 0 Å². The van der Waals surface area contributed by atoms with Crippen LogP contribution in [0.1, 0.15) is 41.3 Å². The first-order valence-corrected chi connectivity index (χ1v) is 10.7. The van der Waals surface area contributed by atoms with Crippen molar-refractivity contribution in [2.24, 2.45) is 0 Å². The molecule has 0 spiro atoms. The van der Waals surface area contributed by atoms with E-state index in [2.05, 4.69) is 5.32 Å². The number of quaternary nitrogens is 1. The van der Waals surface area contributed by atoms with Gasteiger partial charge in [-0.15, -0.1) is 0 Å². The summed E-state index contributed by atoms with van der Waals surface area (Å²) in [7, 11) is 4.97. The predicted molar refractivity (Wildman–Crippen MR) is 123 cm³/mol. The lowest BCUT2D eigenvalue weighted by atomic mass is 10.0. The molecular weight excluding hydrogens is 408 g/mol. The number of amides is 1. The topological polar surface area (TPSA) is 81.7 Å². The molecule has 0 aliphatic heterocycles. The van der Waals surface area contributed by atoms with Gasteiger partial charge in [0.25, 0.3) is 5.91 Å². The fourth-order valence-electron chi connectivity index (χ4n) is 3.62. The Bertz CT molecular complexity index is 941. The SMILES string of the molecule is CCCC(C(=O)Nc1c(C)cccc1C(=O)OC)[N+](C)(C)CC(=O)OCc1ccccc1. The molecule has 2 aromatic rings. The first kappa shape index (κ1) is 25.1. The number of para-hydroxylation sites is 1. The number of nitrogens with one attached hydrogen (secondary N) is 1. The Morgan fingerprint density at radius 3 is 2.34 bits per heavy atom. The Balaban J connectivity index is 2.14. The molecule has 2 rings (SSSR count). The molecule has 0 aliphatic rings. The molecule has 0 aliphatic carbocycles. The van der Waals surface area contributed by atoms with Crippen LogP contribution in [-0.2, 0) is 25.7 Å². The second-order valence-electron chi connectivity index (χ2n) is 8.37. The number of likely N-dealkylation sites (N-methyl/N-ethyl adjacent to an activating group) is 1. The van der Waals surface area contributed by atoms with Gasteiger partial charge in [0.15, 0.2) is 12.6 Å². The van der Waals surface area contributed by atoms with Crippen molar-refractivity contribution >= 4 is 23.5 Å². The van der Waals surface area contributed by atoms with Gasteiger partial charge in [-0.25, -0.2) is 9.59 Å². The number of aryl methyl sites for hydroxylation is 1. The van der Waals surface area contributed by atoms with Gasteiger partial charge in [0, 0.05) is 6.42 Å². The van der Waals surface area contributed by atoms with Gasteiger partial charge in [0.1, 0.15) is 6.61 Å². The molecule has 0 fully saturated rings. The van der Waals surface area contributed by atoms with Gasteiger partial charge < -0.3 is 19.3 Å². The number of anilines is 1. The van der Waals surface area contributed by atoms with E-state index in [1.54, 1.807) is 12.1 Å². The highest BCUT2D eigenvalue weighted by molar-refractivity contribution is 6.03. The van der Waals surface area contributed by atoms with Crippen LogP contribution in [-0.4, -0.2) is 56.1 Å². The fourth-order valence-corrected chi connectivity index (χ4v) is 3.62. The standard InChI is InChI=1S/C25H32N2O5/c1-6-11-21(24(29)26-23-18(2)12-10-15-20(23)25(30)31-5)27(3,4)16-22(28)32-17-19-13-8-7-9-14-19/h7-10,12-15,21H,6,11,16-17H2,1-5H3/p+1. The van der Waals surface area contributed by atoms with Crippen molar-refractivity contribution in [3.63, 3.8) is 0 Å². The van der Waals surface area contributed by atoms with Crippen LogP contribution < -0.4 is 5.32 Å². The first-order chi connectivity index (χ1) is 15.2. The number of hydrogen-bond acceptors (Lipinski definition) is 5. The van der Waals surface area contributed by atoms with E-state index in [4.69, 9.17) is 9.47 Å². The zero-order valence-corrected chi connectivity index (χ0v) is 19.5. The molecule has 2 aromatic carbocycles. The lowest BCUT2D eigenvalue weighted by Crippen LogP contribution is -2.57. The third-order valence-corrected chi connectivity index (χ3v) is 5.41. The average Bonchev–Trinajstić information content (AvgIpc) is 2.77. The highest BCUT2D eigenvalue weighted by atomic mass is 16.5. The average molecular weight is 442 g/mol. The van der Waals surface area contributed by atoms with Crippen molar-refractivity contribution in [2.75, 3.05) is 33.1 Å². The lowest BCUT2D eigenvalue weighted by Gasteiger charge is -2.36. The van der Waals surface area contributed by atoms with Gasteiger partial charge >= 0.3 is 11.9 Å². The van der Waals surface area contributed by atoms with Crippen molar-refractivity contribution in [3.05, 3.63) is 65.2 Å². The normalized spacial score (nSPS) is 12.0. The van der Waals surface area contributed by atoms with E-state index in [-0.39, 0.29) is 29.5 Å². The second-order valence-corrected chi connectivity index (χ2v) is 8.37. The van der Waals surface area contributed by atoms with Gasteiger partial charge in [-0.1, -0.05) is 49.4 Å². The van der Waals surface area contributed by atoms with Crippen LogP contribution in [0.2, 0.25) is 0 Å². The summed E-state index contributed by atoms with van der Waals surface area (Å²) in [5.41, 5.74) is 2.38. The minimum Gasteiger partial charge on any atom is -0.465 e. The molecule has 7 nitrogen and oxygen atoms in total. The Hall–Kier alpha value is -3.19. The Morgan fingerprint density at radius 1 is 1.03 bits per heavy atom. The zero-order valence-electron chi connectivity index (χ0n) is 19.5. The fraction of sp³-hybridized carbons (Fsp3) is 0.400. The van der Waals surface area contributed by atoms with Crippen LogP contribution in [0.3, 0.4) is 0 Å². The maximum absolute atomic E-state index is 13.3. The number of hydrogen-bond donors (Lipinski definition) is 1. The summed E-state index contributed by atoms with van der Waals surface area (Å²) in [6.45, 7) is 4.04. The third-order valence-electron chi connectivity index (χ3n) is 5.41. The smallest absolute Gasteiger partial charge is 0.362 e. The molecule has 1 amide bonds. The Labute approximate surface area is 189 Å². The third kappa shape index (κ3) is 6.65. The number of ether oxygens (including phenoxy) is 2. The molecule has 0 aromatic heterocycles. The summed E-state index contributed by atoms with van der Waals surface area (Å²) >= 11 is 0. The van der Waals surface area contributed by atoms with E-state index < -0.39 is 12.0 Å². The summed E-state index contributed by atoms with van der Waals surface area (Å²) in [6.07, 6.45) is 1.33. The highest BCUT2D eigenvalue weighted by Gasteiger charge is 2.37. The molecular formula is C25H33N2O5+. The van der Waals surface area contributed by atoms with E-state index in [0.29, 0.717) is 17.7 Å². The van der Waals surface area contributed by atoms with Gasteiger partial charge in [0.05, 0.1) is 32.5 Å². The molecule has 1 unspecified atom stereocenters. The summed E-state index contributed by atoms with van der Waals surface area (Å²) in [4.78, 5) is 38.0. The number of esters is 2. The van der Waals surface area contributed by atoms with E-state index in [9.17, 15) is 14.4 Å². The van der Waals surface area contributed by atoms with Crippen LogP contribution >= 0.6 is 0 Å². The summed E-state index contributed by atoms with van der Waals surface area (Å²) in [5.74, 6) is -1.15. The lowest BCUT2D eigenvalue weighted by molar-refractivity contribution is -0.899. The predicted octanol–water partition coefficient (Wildman–Crippen LogP) is 3.71. The van der Waals surface area contributed by atoms with Crippen LogP contribution in [0, 0.1) is 6.92 Å². The largest absolute Gasteiger partial charge is 0.465 e. The second kappa shape index (κ2) is 11.4. The molecule has 0 saturated carbocycles. The number of carbonyl (C=O) groups is 3. The zero-order chi connectivity index (χ0) is 23.7. The van der Waals surface area contributed by atoms with Gasteiger partial charge in [-0.05, 0) is 30.5 Å². The monoisotopic (exact) mass is 441 g/mol. The quantitative estimate of drug-likeness (QED) is 0.449. The van der Waals surface area contributed by atoms with E-state index >= 15 is 0 Å². The molecule has 1 atom stereocenters. The van der Waals surface area contributed by atoms with Gasteiger partial charge in [-0.2, -0.15) is 0 Å². The molecule has 0 radical (unpaired) electrons. The number of carbonyl (C=O) groups excluding carboxylic acids is 3. The maximum Gasteiger partial charge on any atom is 0.362 e. The molecule has 0 heterocycles. The molecule has 32 heavy (non-hydrogen) atoms. The van der Waals surface area contributed by atoms with Gasteiger partial charge in [-0.3, -0.25) is 4.79 Å². The van der Waals surface area contributed by atoms with Crippen molar-refractivity contribution < 1.29 is 28.3 Å². The Kier molecular flexibility index (Phi) is 8.96. The summed E-state index contributed by atoms with van der Waals surface area (Å²) in [5, 5.41) is 2.91. The molecule has 1 N–H and O–H groups in total. The van der Waals surface area contributed by atoms with Crippen molar-refractivity contribution in [3.8, 4) is 0 Å². The number of methoxy groups -OCH3 is 1. The molecule has 7 heteroatoms. The van der Waals surface area contributed by atoms with Crippen molar-refractivity contribution in [2.45, 2.75) is 39.3 Å². The number of rotatable bonds is 10. The van der Waals surface area contributed by atoms with E-state index in [0.717, 1.165) is 17.5 Å². The van der Waals surface area contributed by atoms with E-state index in [1.807, 2.05) is 64.3 Å². The minimum atomic E-state index is -0.519.